The van der Waals surface area contributed by atoms with Crippen LogP contribution in [-0.2, 0) is 7.05 Å². The highest BCUT2D eigenvalue weighted by Gasteiger charge is 2.06. The Morgan fingerprint density at radius 1 is 1.12 bits per heavy atom. The predicted octanol–water partition coefficient (Wildman–Crippen LogP) is 1.95. The summed E-state index contributed by atoms with van der Waals surface area (Å²) in [7, 11) is 1.91. The molecule has 0 aliphatic heterocycles. The van der Waals surface area contributed by atoms with Gasteiger partial charge >= 0.3 is 0 Å². The zero-order valence-corrected chi connectivity index (χ0v) is 8.96. The van der Waals surface area contributed by atoms with Crippen LogP contribution in [0.25, 0.3) is 16.7 Å². The molecule has 4 heteroatoms. The number of nitrogens with two attached hydrogens (primary N) is 1. The van der Waals surface area contributed by atoms with Crippen molar-refractivity contribution in [1.82, 2.24) is 14.3 Å². The molecule has 2 aromatic heterocycles. The van der Waals surface area contributed by atoms with E-state index >= 15 is 0 Å². The quantitative estimate of drug-likeness (QED) is 0.627. The van der Waals surface area contributed by atoms with Crippen molar-refractivity contribution in [3.05, 3.63) is 42.7 Å². The molecule has 3 rings (SSSR count). The fourth-order valence-electron chi connectivity index (χ4n) is 1.92. The number of hydrogen-bond donors (Lipinski definition) is 1. The Morgan fingerprint density at radius 3 is 2.75 bits per heavy atom. The Hall–Kier alpha value is -2.23. The lowest BCUT2D eigenvalue weighted by atomic mass is 10.2. The van der Waals surface area contributed by atoms with Gasteiger partial charge in [0.25, 0.3) is 0 Å². The molecular formula is C12H12N4. The molecule has 16 heavy (non-hydrogen) atoms. The molecule has 2 heterocycles. The van der Waals surface area contributed by atoms with E-state index in [0.29, 0.717) is 0 Å². The SMILES string of the molecule is Cn1ccc(-n2ccc3c(N)cccc32)n1. The van der Waals surface area contributed by atoms with Crippen LogP contribution >= 0.6 is 0 Å². The molecule has 1 aromatic carbocycles. The molecule has 0 spiro atoms. The predicted molar refractivity (Wildman–Crippen MR) is 64.5 cm³/mol. The van der Waals surface area contributed by atoms with E-state index in [1.807, 2.05) is 54.3 Å². The Kier molecular flexibility index (Phi) is 1.77. The van der Waals surface area contributed by atoms with Crippen LogP contribution in [0.3, 0.4) is 0 Å². The number of fused-ring (bicyclic) bond motifs is 1. The van der Waals surface area contributed by atoms with E-state index in [1.54, 1.807) is 4.68 Å². The molecule has 0 saturated heterocycles. The maximum Gasteiger partial charge on any atom is 0.159 e. The molecular weight excluding hydrogens is 200 g/mol. The number of aryl methyl sites for hydroxylation is 1. The smallest absolute Gasteiger partial charge is 0.159 e. The van der Waals surface area contributed by atoms with Gasteiger partial charge in [0.2, 0.25) is 0 Å². The van der Waals surface area contributed by atoms with Gasteiger partial charge in [-0.3, -0.25) is 9.25 Å². The molecule has 2 N–H and O–H groups in total. The van der Waals surface area contributed by atoms with Gasteiger partial charge in [-0.1, -0.05) is 6.07 Å². The lowest BCUT2D eigenvalue weighted by Crippen LogP contribution is -1.95. The molecule has 0 saturated carbocycles. The van der Waals surface area contributed by atoms with Gasteiger partial charge in [-0.15, -0.1) is 0 Å². The van der Waals surface area contributed by atoms with Crippen molar-refractivity contribution in [1.29, 1.82) is 0 Å². The molecule has 80 valence electrons. The summed E-state index contributed by atoms with van der Waals surface area (Å²) in [5.74, 6) is 0.906. The first-order valence-corrected chi connectivity index (χ1v) is 5.11. The highest BCUT2D eigenvalue weighted by atomic mass is 15.3. The third-order valence-electron chi connectivity index (χ3n) is 2.71. The van der Waals surface area contributed by atoms with Crippen LogP contribution in [-0.4, -0.2) is 14.3 Å². The van der Waals surface area contributed by atoms with Crippen LogP contribution < -0.4 is 5.73 Å². The van der Waals surface area contributed by atoms with Gasteiger partial charge in [0.05, 0.1) is 5.52 Å². The number of benzene rings is 1. The third kappa shape index (κ3) is 1.20. The Labute approximate surface area is 92.9 Å². The zero-order chi connectivity index (χ0) is 11.1. The molecule has 0 amide bonds. The van der Waals surface area contributed by atoms with Crippen molar-refractivity contribution in [3.63, 3.8) is 0 Å². The van der Waals surface area contributed by atoms with Gasteiger partial charge in [-0.25, -0.2) is 0 Å². The fraction of sp³-hybridized carbons (Fsp3) is 0.0833. The van der Waals surface area contributed by atoms with E-state index in [9.17, 15) is 0 Å². The van der Waals surface area contributed by atoms with Gasteiger partial charge in [-0.2, -0.15) is 5.10 Å². The first kappa shape index (κ1) is 9.03. The topological polar surface area (TPSA) is 48.8 Å². The minimum atomic E-state index is 0.798. The largest absolute Gasteiger partial charge is 0.398 e. The molecule has 0 aliphatic carbocycles. The molecule has 4 nitrogen and oxygen atoms in total. The lowest BCUT2D eigenvalue weighted by molar-refractivity contribution is 0.754. The van der Waals surface area contributed by atoms with E-state index in [2.05, 4.69) is 5.10 Å². The maximum absolute atomic E-state index is 5.91. The minimum absolute atomic E-state index is 0.798. The van der Waals surface area contributed by atoms with Gasteiger partial charge in [0.15, 0.2) is 5.82 Å². The maximum atomic E-state index is 5.91. The van der Waals surface area contributed by atoms with E-state index in [1.165, 1.54) is 0 Å². The van der Waals surface area contributed by atoms with Crippen molar-refractivity contribution in [2.24, 2.45) is 7.05 Å². The van der Waals surface area contributed by atoms with Gasteiger partial charge in [0, 0.05) is 36.6 Å². The second-order valence-electron chi connectivity index (χ2n) is 3.81. The standard InChI is InChI=1S/C12H12N4/c1-15-7-6-12(14-15)16-8-5-9-10(13)3-2-4-11(9)16/h2-8H,13H2,1H3. The first-order valence-electron chi connectivity index (χ1n) is 5.11. The zero-order valence-electron chi connectivity index (χ0n) is 8.96. The number of anilines is 1. The molecule has 0 fully saturated rings. The van der Waals surface area contributed by atoms with Gasteiger partial charge < -0.3 is 5.73 Å². The van der Waals surface area contributed by atoms with Crippen molar-refractivity contribution >= 4 is 16.6 Å². The summed E-state index contributed by atoms with van der Waals surface area (Å²) in [5, 5.41) is 5.43. The van der Waals surface area contributed by atoms with E-state index in [-0.39, 0.29) is 0 Å². The van der Waals surface area contributed by atoms with Crippen LogP contribution in [0, 0.1) is 0 Å². The van der Waals surface area contributed by atoms with Crippen molar-refractivity contribution < 1.29 is 0 Å². The lowest BCUT2D eigenvalue weighted by Gasteiger charge is -2.01. The molecule has 0 atom stereocenters. The van der Waals surface area contributed by atoms with Crippen LogP contribution in [0.2, 0.25) is 0 Å². The summed E-state index contributed by atoms with van der Waals surface area (Å²) in [5.41, 5.74) is 7.79. The fourth-order valence-corrected chi connectivity index (χ4v) is 1.92. The van der Waals surface area contributed by atoms with Crippen LogP contribution in [0.15, 0.2) is 42.7 Å². The van der Waals surface area contributed by atoms with E-state index in [4.69, 9.17) is 5.73 Å². The van der Waals surface area contributed by atoms with E-state index in [0.717, 1.165) is 22.4 Å². The monoisotopic (exact) mass is 212 g/mol. The minimum Gasteiger partial charge on any atom is -0.398 e. The Morgan fingerprint density at radius 2 is 2.00 bits per heavy atom. The highest BCUT2D eigenvalue weighted by Crippen LogP contribution is 2.24. The van der Waals surface area contributed by atoms with Crippen molar-refractivity contribution in [2.75, 3.05) is 5.73 Å². The Bertz CT molecular complexity index is 648. The summed E-state index contributed by atoms with van der Waals surface area (Å²) in [6.07, 6.45) is 3.91. The summed E-state index contributed by atoms with van der Waals surface area (Å²) in [4.78, 5) is 0. The molecule has 0 unspecified atom stereocenters. The van der Waals surface area contributed by atoms with Gasteiger partial charge in [-0.05, 0) is 18.2 Å². The summed E-state index contributed by atoms with van der Waals surface area (Å²) < 4.78 is 3.82. The number of hydrogen-bond acceptors (Lipinski definition) is 2. The molecule has 0 bridgehead atoms. The summed E-state index contributed by atoms with van der Waals surface area (Å²) in [6.45, 7) is 0. The number of rotatable bonds is 1. The third-order valence-corrected chi connectivity index (χ3v) is 2.71. The number of nitrogen functional groups attached to an aromatic ring is 1. The Balaban J connectivity index is 2.29. The summed E-state index contributed by atoms with van der Waals surface area (Å²) >= 11 is 0. The van der Waals surface area contributed by atoms with Crippen LogP contribution in [0.1, 0.15) is 0 Å². The number of nitrogens with zero attached hydrogens (tertiary/aromatic N) is 3. The molecule has 3 aromatic rings. The second kappa shape index (κ2) is 3.13. The summed E-state index contributed by atoms with van der Waals surface area (Å²) in [6, 6.07) is 9.89. The van der Waals surface area contributed by atoms with Crippen LogP contribution in [0.5, 0.6) is 0 Å². The first-order chi connectivity index (χ1) is 7.75. The average Bonchev–Trinajstić information content (AvgIpc) is 2.84. The number of aromatic nitrogens is 3. The highest BCUT2D eigenvalue weighted by molar-refractivity contribution is 5.92. The van der Waals surface area contributed by atoms with E-state index < -0.39 is 0 Å². The normalized spacial score (nSPS) is 11.1. The molecule has 0 radical (unpaired) electrons. The average molecular weight is 212 g/mol. The van der Waals surface area contributed by atoms with Crippen molar-refractivity contribution in [3.8, 4) is 5.82 Å². The van der Waals surface area contributed by atoms with Crippen molar-refractivity contribution in [2.45, 2.75) is 0 Å². The van der Waals surface area contributed by atoms with Gasteiger partial charge in [0.1, 0.15) is 0 Å². The van der Waals surface area contributed by atoms with Crippen LogP contribution in [0.4, 0.5) is 5.69 Å². The second-order valence-corrected chi connectivity index (χ2v) is 3.81. The molecule has 0 aliphatic rings.